The third-order valence-electron chi connectivity index (χ3n) is 2.69. The fourth-order valence-corrected chi connectivity index (χ4v) is 2.34. The van der Waals surface area contributed by atoms with Crippen LogP contribution >= 0.6 is 15.9 Å². The molecule has 0 aliphatic carbocycles. The number of pyridine rings is 2. The van der Waals surface area contributed by atoms with E-state index < -0.39 is 6.10 Å². The summed E-state index contributed by atoms with van der Waals surface area (Å²) in [6.45, 7) is 3.92. The largest absolute Gasteiger partial charge is 0.392 e. The number of rotatable bonds is 3. The first-order chi connectivity index (χ1) is 9.02. The van der Waals surface area contributed by atoms with Gasteiger partial charge in [0.1, 0.15) is 10.7 Å². The Bertz CT molecular complexity index is 664. The number of hydrogen-bond donors (Lipinski definition) is 2. The molecule has 0 saturated heterocycles. The number of aryl methyl sites for hydroxylation is 1. The molecule has 2 aromatic heterocycles. The molecule has 0 aromatic carbocycles. The van der Waals surface area contributed by atoms with Crippen LogP contribution in [0.5, 0.6) is 0 Å². The van der Waals surface area contributed by atoms with Gasteiger partial charge in [-0.1, -0.05) is 0 Å². The second kappa shape index (κ2) is 5.51. The maximum absolute atomic E-state index is 9.38. The van der Waals surface area contributed by atoms with Gasteiger partial charge < -0.3 is 10.4 Å². The Morgan fingerprint density at radius 2 is 2.32 bits per heavy atom. The summed E-state index contributed by atoms with van der Waals surface area (Å²) in [6.07, 6.45) is 1.02. The fourth-order valence-electron chi connectivity index (χ4n) is 1.85. The predicted molar refractivity (Wildman–Crippen MR) is 76.9 cm³/mol. The molecular weight excluding hydrogens is 308 g/mol. The van der Waals surface area contributed by atoms with Gasteiger partial charge in [-0.2, -0.15) is 5.26 Å². The summed E-state index contributed by atoms with van der Waals surface area (Å²) in [5.41, 5.74) is 2.66. The van der Waals surface area contributed by atoms with Crippen molar-refractivity contribution in [1.82, 2.24) is 9.97 Å². The van der Waals surface area contributed by atoms with E-state index in [1.165, 1.54) is 6.20 Å². The van der Waals surface area contributed by atoms with E-state index in [-0.39, 0.29) is 0 Å². The monoisotopic (exact) mass is 320 g/mol. The number of halogens is 1. The highest BCUT2D eigenvalue weighted by Crippen LogP contribution is 2.28. The summed E-state index contributed by atoms with van der Waals surface area (Å²) in [4.78, 5) is 8.56. The summed E-state index contributed by atoms with van der Waals surface area (Å²) in [7, 11) is 0. The van der Waals surface area contributed by atoms with Crippen LogP contribution in [0.2, 0.25) is 0 Å². The smallest absolute Gasteiger partial charge is 0.107 e. The minimum Gasteiger partial charge on any atom is -0.392 e. The zero-order valence-corrected chi connectivity index (χ0v) is 12.2. The van der Waals surface area contributed by atoms with Gasteiger partial charge in [0.2, 0.25) is 0 Å². The van der Waals surface area contributed by atoms with E-state index in [0.717, 1.165) is 16.6 Å². The quantitative estimate of drug-likeness (QED) is 0.848. The first kappa shape index (κ1) is 13.7. The minimum absolute atomic E-state index is 0.368. The zero-order chi connectivity index (χ0) is 14.0. The lowest BCUT2D eigenvalue weighted by atomic mass is 10.1. The molecule has 2 heterocycles. The third kappa shape index (κ3) is 2.83. The molecule has 19 heavy (non-hydrogen) atoms. The van der Waals surface area contributed by atoms with E-state index in [1.54, 1.807) is 6.92 Å². The molecule has 0 aliphatic rings. The molecular formula is C13H13BrN4O. The highest BCUT2D eigenvalue weighted by Gasteiger charge is 2.12. The average molecular weight is 321 g/mol. The van der Waals surface area contributed by atoms with Crippen LogP contribution in [0.15, 0.2) is 16.9 Å². The topological polar surface area (TPSA) is 81.8 Å². The van der Waals surface area contributed by atoms with Crippen molar-refractivity contribution >= 4 is 32.5 Å². The number of nitrogens with one attached hydrogen (secondary N) is 1. The summed E-state index contributed by atoms with van der Waals surface area (Å²) in [5, 5.41) is 22.5. The average Bonchev–Trinajstić information content (AvgIpc) is 2.35. The van der Waals surface area contributed by atoms with E-state index in [9.17, 15) is 5.11 Å². The maximum Gasteiger partial charge on any atom is 0.107 e. The standard InChI is InChI=1S/C13H13BrN4O/c1-7(19)5-16-13-9(4-15)6-17-12-8(2)18-11(14)3-10(12)13/h3,6-7,19H,5H2,1-2H3,(H,16,17)/t7-/m1/s1. The molecule has 1 atom stereocenters. The van der Waals surface area contributed by atoms with Crippen LogP contribution in [0.3, 0.4) is 0 Å². The van der Waals surface area contributed by atoms with Gasteiger partial charge in [-0.05, 0) is 35.8 Å². The number of hydrogen-bond acceptors (Lipinski definition) is 5. The van der Waals surface area contributed by atoms with Gasteiger partial charge in [0.05, 0.1) is 28.6 Å². The molecule has 0 fully saturated rings. The summed E-state index contributed by atoms with van der Waals surface area (Å²) in [6, 6.07) is 3.93. The number of nitriles is 1. The lowest BCUT2D eigenvalue weighted by molar-refractivity contribution is 0.208. The Kier molecular flexibility index (Phi) is 3.98. The van der Waals surface area contributed by atoms with Crippen molar-refractivity contribution in [2.45, 2.75) is 20.0 Å². The highest BCUT2D eigenvalue weighted by molar-refractivity contribution is 9.10. The molecule has 2 N–H and O–H groups in total. The number of fused-ring (bicyclic) bond motifs is 1. The van der Waals surface area contributed by atoms with Crippen LogP contribution < -0.4 is 5.32 Å². The maximum atomic E-state index is 9.38. The molecule has 0 amide bonds. The number of aromatic nitrogens is 2. The Labute approximate surface area is 119 Å². The lowest BCUT2D eigenvalue weighted by Crippen LogP contribution is -2.16. The van der Waals surface area contributed by atoms with Gasteiger partial charge in [-0.15, -0.1) is 0 Å². The normalized spacial score (nSPS) is 12.2. The van der Waals surface area contributed by atoms with Gasteiger partial charge in [0.15, 0.2) is 0 Å². The summed E-state index contributed by atoms with van der Waals surface area (Å²) in [5.74, 6) is 0. The van der Waals surface area contributed by atoms with Crippen LogP contribution in [-0.2, 0) is 0 Å². The van der Waals surface area contributed by atoms with Crippen molar-refractivity contribution in [3.63, 3.8) is 0 Å². The molecule has 0 spiro atoms. The molecule has 0 radical (unpaired) electrons. The van der Waals surface area contributed by atoms with Crippen molar-refractivity contribution in [3.05, 3.63) is 28.1 Å². The summed E-state index contributed by atoms with van der Waals surface area (Å²) < 4.78 is 0.689. The predicted octanol–water partition coefficient (Wildman–Crippen LogP) is 2.37. The number of aliphatic hydroxyl groups is 1. The SMILES string of the molecule is Cc1nc(Br)cc2c(NC[C@@H](C)O)c(C#N)cnc12. The van der Waals surface area contributed by atoms with Crippen molar-refractivity contribution in [3.8, 4) is 6.07 Å². The van der Waals surface area contributed by atoms with Gasteiger partial charge in [-0.25, -0.2) is 4.98 Å². The second-order valence-electron chi connectivity index (χ2n) is 4.32. The van der Waals surface area contributed by atoms with Gasteiger partial charge in [-0.3, -0.25) is 4.98 Å². The molecule has 0 bridgehead atoms. The summed E-state index contributed by atoms with van der Waals surface area (Å²) >= 11 is 3.34. The molecule has 98 valence electrons. The molecule has 2 aromatic rings. The molecule has 5 nitrogen and oxygen atoms in total. The Morgan fingerprint density at radius 1 is 1.58 bits per heavy atom. The number of nitrogens with zero attached hydrogens (tertiary/aromatic N) is 3. The number of aliphatic hydroxyl groups excluding tert-OH is 1. The molecule has 2 rings (SSSR count). The van der Waals surface area contributed by atoms with Crippen LogP contribution in [0.4, 0.5) is 5.69 Å². The Morgan fingerprint density at radius 3 is 2.95 bits per heavy atom. The first-order valence-corrected chi connectivity index (χ1v) is 6.60. The van der Waals surface area contributed by atoms with E-state index in [4.69, 9.17) is 5.26 Å². The molecule has 0 saturated carbocycles. The van der Waals surface area contributed by atoms with Gasteiger partial charge in [0.25, 0.3) is 0 Å². The first-order valence-electron chi connectivity index (χ1n) is 5.80. The van der Waals surface area contributed by atoms with Crippen molar-refractivity contribution < 1.29 is 5.11 Å². The van der Waals surface area contributed by atoms with Crippen molar-refractivity contribution in [1.29, 1.82) is 5.26 Å². The fraction of sp³-hybridized carbons (Fsp3) is 0.308. The second-order valence-corrected chi connectivity index (χ2v) is 5.13. The van der Waals surface area contributed by atoms with Crippen molar-refractivity contribution in [2.24, 2.45) is 0 Å². The van der Waals surface area contributed by atoms with E-state index >= 15 is 0 Å². The van der Waals surface area contributed by atoms with E-state index in [0.29, 0.717) is 22.4 Å². The highest BCUT2D eigenvalue weighted by atomic mass is 79.9. The minimum atomic E-state index is -0.499. The van der Waals surface area contributed by atoms with Gasteiger partial charge >= 0.3 is 0 Å². The molecule has 0 unspecified atom stereocenters. The molecule has 6 heteroatoms. The van der Waals surface area contributed by atoms with E-state index in [1.807, 2.05) is 13.0 Å². The van der Waals surface area contributed by atoms with E-state index in [2.05, 4.69) is 37.3 Å². The van der Waals surface area contributed by atoms with Crippen LogP contribution in [0.25, 0.3) is 10.9 Å². The van der Waals surface area contributed by atoms with Crippen LogP contribution in [-0.4, -0.2) is 27.7 Å². The van der Waals surface area contributed by atoms with Crippen molar-refractivity contribution in [2.75, 3.05) is 11.9 Å². The van der Waals surface area contributed by atoms with Gasteiger partial charge in [0, 0.05) is 18.1 Å². The number of anilines is 1. The third-order valence-corrected chi connectivity index (χ3v) is 3.10. The Hall–Kier alpha value is -1.71. The van der Waals surface area contributed by atoms with Crippen LogP contribution in [0.1, 0.15) is 18.2 Å². The van der Waals surface area contributed by atoms with Crippen LogP contribution in [0, 0.1) is 18.3 Å². The zero-order valence-electron chi connectivity index (χ0n) is 10.6. The lowest BCUT2D eigenvalue weighted by Gasteiger charge is -2.13. The Balaban J connectivity index is 2.65. The molecule has 0 aliphatic heterocycles.